The van der Waals surface area contributed by atoms with Crippen LogP contribution in [0.25, 0.3) is 10.9 Å². The molecule has 1 aromatic heterocycles. The van der Waals surface area contributed by atoms with Crippen LogP contribution in [-0.4, -0.2) is 9.66 Å². The highest BCUT2D eigenvalue weighted by atomic mass is 16.1. The maximum absolute atomic E-state index is 12.3. The van der Waals surface area contributed by atoms with E-state index in [1.165, 1.54) is 0 Å². The normalized spacial score (nSPS) is 12.4. The molecule has 3 rings (SSSR count). The van der Waals surface area contributed by atoms with E-state index in [2.05, 4.69) is 4.98 Å². The second kappa shape index (κ2) is 4.81. The third kappa shape index (κ3) is 1.95. The first-order chi connectivity index (χ1) is 9.68. The Kier molecular flexibility index (Phi) is 2.99. The van der Waals surface area contributed by atoms with Gasteiger partial charge in [-0.25, -0.2) is 9.66 Å². The largest absolute Gasteiger partial charge is 0.335 e. The zero-order valence-electron chi connectivity index (χ0n) is 11.2. The minimum absolute atomic E-state index is 0.0430. The monoisotopic (exact) mass is 265 g/mol. The predicted octanol–water partition coefficient (Wildman–Crippen LogP) is 2.26. The molecule has 2 N–H and O–H groups in total. The van der Waals surface area contributed by atoms with Crippen molar-refractivity contribution in [2.75, 3.05) is 5.84 Å². The Morgan fingerprint density at radius 3 is 2.45 bits per heavy atom. The molecular weight excluding hydrogens is 250 g/mol. The molecule has 0 bridgehead atoms. The summed E-state index contributed by atoms with van der Waals surface area (Å²) >= 11 is 0. The van der Waals surface area contributed by atoms with Gasteiger partial charge in [-0.1, -0.05) is 49.4 Å². The van der Waals surface area contributed by atoms with E-state index in [1.807, 2.05) is 55.5 Å². The molecular formula is C16H15N3O. The molecule has 0 aliphatic heterocycles. The van der Waals surface area contributed by atoms with Crippen molar-refractivity contribution < 1.29 is 0 Å². The first kappa shape index (κ1) is 12.4. The van der Waals surface area contributed by atoms with Gasteiger partial charge in [0.25, 0.3) is 5.56 Å². The number of aromatic nitrogens is 2. The van der Waals surface area contributed by atoms with Crippen LogP contribution < -0.4 is 11.4 Å². The number of hydrogen-bond acceptors (Lipinski definition) is 3. The Balaban J connectivity index is 2.22. The van der Waals surface area contributed by atoms with E-state index >= 15 is 0 Å². The first-order valence-corrected chi connectivity index (χ1v) is 6.50. The fourth-order valence-corrected chi connectivity index (χ4v) is 2.36. The van der Waals surface area contributed by atoms with Gasteiger partial charge in [0.05, 0.1) is 10.9 Å². The van der Waals surface area contributed by atoms with Gasteiger partial charge < -0.3 is 5.84 Å². The van der Waals surface area contributed by atoms with E-state index in [1.54, 1.807) is 6.07 Å². The molecule has 0 amide bonds. The highest BCUT2D eigenvalue weighted by molar-refractivity contribution is 5.77. The quantitative estimate of drug-likeness (QED) is 0.723. The molecule has 0 saturated heterocycles. The lowest BCUT2D eigenvalue weighted by Crippen LogP contribution is -2.32. The summed E-state index contributed by atoms with van der Waals surface area (Å²) in [6, 6.07) is 17.1. The number of fused-ring (bicyclic) bond motifs is 1. The lowest BCUT2D eigenvalue weighted by atomic mass is 10.0. The van der Waals surface area contributed by atoms with Gasteiger partial charge in [-0.2, -0.15) is 0 Å². The molecule has 0 fully saturated rings. The third-order valence-electron chi connectivity index (χ3n) is 3.52. The molecule has 0 saturated carbocycles. The maximum atomic E-state index is 12.3. The predicted molar refractivity (Wildman–Crippen MR) is 80.1 cm³/mol. The Morgan fingerprint density at radius 1 is 1.05 bits per heavy atom. The van der Waals surface area contributed by atoms with Crippen molar-refractivity contribution in [3.63, 3.8) is 0 Å². The standard InChI is InChI=1S/C16H15N3O/c1-11(12-7-3-2-4-8-12)15-18-14-10-6-5-9-13(14)16(20)19(15)17/h2-11H,17H2,1H3. The summed E-state index contributed by atoms with van der Waals surface area (Å²) in [5.74, 6) is 6.45. The molecule has 4 heteroatoms. The maximum Gasteiger partial charge on any atom is 0.279 e. The molecule has 0 radical (unpaired) electrons. The van der Waals surface area contributed by atoms with Crippen molar-refractivity contribution in [1.29, 1.82) is 0 Å². The van der Waals surface area contributed by atoms with E-state index in [0.717, 1.165) is 10.2 Å². The molecule has 2 aromatic carbocycles. The zero-order valence-corrected chi connectivity index (χ0v) is 11.2. The summed E-state index contributed by atoms with van der Waals surface area (Å²) in [6.45, 7) is 2.00. The minimum Gasteiger partial charge on any atom is -0.335 e. The van der Waals surface area contributed by atoms with Gasteiger partial charge in [0, 0.05) is 5.92 Å². The van der Waals surface area contributed by atoms with Gasteiger partial charge in [-0.15, -0.1) is 0 Å². The summed E-state index contributed by atoms with van der Waals surface area (Å²) in [5, 5.41) is 0.541. The van der Waals surface area contributed by atoms with Crippen molar-refractivity contribution in [1.82, 2.24) is 9.66 Å². The van der Waals surface area contributed by atoms with Crippen LogP contribution in [-0.2, 0) is 0 Å². The van der Waals surface area contributed by atoms with Crippen molar-refractivity contribution in [2.45, 2.75) is 12.8 Å². The number of nitrogens with two attached hydrogens (primary N) is 1. The van der Waals surface area contributed by atoms with Gasteiger partial charge >= 0.3 is 0 Å². The van der Waals surface area contributed by atoms with Gasteiger partial charge in [0.1, 0.15) is 5.82 Å². The van der Waals surface area contributed by atoms with Gasteiger partial charge in [0.2, 0.25) is 0 Å². The van der Waals surface area contributed by atoms with Crippen LogP contribution in [0.15, 0.2) is 59.4 Å². The van der Waals surface area contributed by atoms with Crippen LogP contribution in [0.5, 0.6) is 0 Å². The lowest BCUT2D eigenvalue weighted by Gasteiger charge is -2.15. The van der Waals surface area contributed by atoms with Crippen LogP contribution in [0.3, 0.4) is 0 Å². The Hall–Kier alpha value is -2.62. The van der Waals surface area contributed by atoms with E-state index in [0.29, 0.717) is 16.7 Å². The number of benzene rings is 2. The number of nitrogens with zero attached hydrogens (tertiary/aromatic N) is 2. The molecule has 1 atom stereocenters. The number of nitrogen functional groups attached to an aromatic ring is 1. The molecule has 0 aliphatic carbocycles. The Labute approximate surface area is 116 Å². The summed E-state index contributed by atoms with van der Waals surface area (Å²) in [6.07, 6.45) is 0. The number of hydrogen-bond donors (Lipinski definition) is 1. The summed E-state index contributed by atoms with van der Waals surface area (Å²) in [7, 11) is 0. The Bertz CT molecular complexity index is 809. The third-order valence-corrected chi connectivity index (χ3v) is 3.52. The second-order valence-corrected chi connectivity index (χ2v) is 4.79. The van der Waals surface area contributed by atoms with Crippen molar-refractivity contribution in [3.8, 4) is 0 Å². The zero-order chi connectivity index (χ0) is 14.1. The van der Waals surface area contributed by atoms with Crippen molar-refractivity contribution >= 4 is 10.9 Å². The Morgan fingerprint density at radius 2 is 1.70 bits per heavy atom. The topological polar surface area (TPSA) is 60.9 Å². The molecule has 0 spiro atoms. The number of para-hydroxylation sites is 1. The SMILES string of the molecule is CC(c1ccccc1)c1nc2ccccc2c(=O)n1N. The van der Waals surface area contributed by atoms with E-state index in [-0.39, 0.29) is 11.5 Å². The summed E-state index contributed by atoms with van der Waals surface area (Å²) in [4.78, 5) is 16.8. The van der Waals surface area contributed by atoms with E-state index < -0.39 is 0 Å². The van der Waals surface area contributed by atoms with Gasteiger partial charge in [0.15, 0.2) is 0 Å². The molecule has 4 nitrogen and oxygen atoms in total. The molecule has 1 heterocycles. The molecule has 20 heavy (non-hydrogen) atoms. The van der Waals surface area contributed by atoms with Crippen LogP contribution >= 0.6 is 0 Å². The fourth-order valence-electron chi connectivity index (χ4n) is 2.36. The minimum atomic E-state index is -0.214. The highest BCUT2D eigenvalue weighted by Gasteiger charge is 2.16. The molecule has 100 valence electrons. The van der Waals surface area contributed by atoms with Crippen LogP contribution in [0.2, 0.25) is 0 Å². The molecule has 3 aromatic rings. The molecule has 0 aliphatic rings. The van der Waals surface area contributed by atoms with Crippen molar-refractivity contribution in [3.05, 3.63) is 76.3 Å². The van der Waals surface area contributed by atoms with Crippen LogP contribution in [0.4, 0.5) is 0 Å². The summed E-state index contributed by atoms with van der Waals surface area (Å²) in [5.41, 5.74) is 1.54. The average Bonchev–Trinajstić information content (AvgIpc) is 2.51. The van der Waals surface area contributed by atoms with E-state index in [9.17, 15) is 4.79 Å². The summed E-state index contributed by atoms with van der Waals surface area (Å²) < 4.78 is 1.15. The van der Waals surface area contributed by atoms with Crippen LogP contribution in [0.1, 0.15) is 24.2 Å². The van der Waals surface area contributed by atoms with Gasteiger partial charge in [-0.3, -0.25) is 4.79 Å². The van der Waals surface area contributed by atoms with E-state index in [4.69, 9.17) is 5.84 Å². The van der Waals surface area contributed by atoms with Crippen LogP contribution in [0, 0.1) is 0 Å². The fraction of sp³-hybridized carbons (Fsp3) is 0.125. The first-order valence-electron chi connectivity index (χ1n) is 6.50. The molecule has 1 unspecified atom stereocenters. The second-order valence-electron chi connectivity index (χ2n) is 4.79. The van der Waals surface area contributed by atoms with Crippen molar-refractivity contribution in [2.24, 2.45) is 0 Å². The smallest absolute Gasteiger partial charge is 0.279 e. The van der Waals surface area contributed by atoms with Gasteiger partial charge in [-0.05, 0) is 17.7 Å². The lowest BCUT2D eigenvalue weighted by molar-refractivity contribution is 0.731. The average molecular weight is 265 g/mol. The highest BCUT2D eigenvalue weighted by Crippen LogP contribution is 2.21. The number of rotatable bonds is 2.